The molecule has 0 radical (unpaired) electrons. The Bertz CT molecular complexity index is 809. The maximum Gasteiger partial charge on any atom is 0.248 e. The maximum absolute atomic E-state index is 12.0. The zero-order valence-corrected chi connectivity index (χ0v) is 13.9. The Morgan fingerprint density at radius 2 is 1.96 bits per heavy atom. The second-order valence-corrected chi connectivity index (χ2v) is 6.28. The van der Waals surface area contributed by atoms with E-state index in [1.54, 1.807) is 35.6 Å². The zero-order valence-electron chi connectivity index (χ0n) is 13.1. The molecule has 2 aromatic rings. The van der Waals surface area contributed by atoms with Gasteiger partial charge in [-0.3, -0.25) is 19.3 Å². The van der Waals surface area contributed by atoms with Gasteiger partial charge in [-0.15, -0.1) is 0 Å². The number of aryl methyl sites for hydroxylation is 1. The van der Waals surface area contributed by atoms with Crippen LogP contribution in [0.15, 0.2) is 41.1 Å². The lowest BCUT2D eigenvalue weighted by molar-refractivity contribution is -0.121. The third-order valence-electron chi connectivity index (χ3n) is 3.73. The molecule has 0 saturated carbocycles. The van der Waals surface area contributed by atoms with Crippen molar-refractivity contribution in [1.29, 1.82) is 0 Å². The summed E-state index contributed by atoms with van der Waals surface area (Å²) in [6.07, 6.45) is 3.72. The molecule has 2 heterocycles. The molecular weight excluding hydrogens is 324 g/mol. The highest BCUT2D eigenvalue weighted by Gasteiger charge is 2.31. The van der Waals surface area contributed by atoms with Crippen molar-refractivity contribution < 1.29 is 14.4 Å². The first kappa shape index (κ1) is 16.1. The highest BCUT2D eigenvalue weighted by atomic mass is 32.1. The van der Waals surface area contributed by atoms with Crippen molar-refractivity contribution in [2.24, 2.45) is 0 Å². The molecule has 0 unspecified atom stereocenters. The summed E-state index contributed by atoms with van der Waals surface area (Å²) in [5.41, 5.74) is 2.94. The third kappa shape index (κ3) is 3.44. The number of rotatable bonds is 4. The van der Waals surface area contributed by atoms with Crippen LogP contribution in [0, 0.1) is 6.92 Å². The molecule has 122 valence electrons. The van der Waals surface area contributed by atoms with Crippen molar-refractivity contribution in [3.05, 3.63) is 52.2 Å². The van der Waals surface area contributed by atoms with Gasteiger partial charge in [0.05, 0.1) is 5.69 Å². The molecule has 0 spiro atoms. The van der Waals surface area contributed by atoms with Gasteiger partial charge in [0.15, 0.2) is 0 Å². The van der Waals surface area contributed by atoms with E-state index in [1.807, 2.05) is 23.8 Å². The summed E-state index contributed by atoms with van der Waals surface area (Å²) in [5, 5.41) is 6.67. The van der Waals surface area contributed by atoms with Crippen LogP contribution in [0.3, 0.4) is 0 Å². The number of benzene rings is 1. The molecule has 1 aliphatic heterocycles. The molecule has 0 bridgehead atoms. The quantitative estimate of drug-likeness (QED) is 0.685. The number of amides is 3. The van der Waals surface area contributed by atoms with Crippen molar-refractivity contribution >= 4 is 46.5 Å². The topological polar surface area (TPSA) is 66.5 Å². The maximum atomic E-state index is 12.0. The van der Waals surface area contributed by atoms with Gasteiger partial charge < -0.3 is 5.32 Å². The van der Waals surface area contributed by atoms with Gasteiger partial charge in [-0.2, -0.15) is 11.3 Å². The lowest BCUT2D eigenvalue weighted by Crippen LogP contribution is -2.29. The van der Waals surface area contributed by atoms with Crippen molar-refractivity contribution in [3.63, 3.8) is 0 Å². The van der Waals surface area contributed by atoms with Gasteiger partial charge >= 0.3 is 0 Å². The van der Waals surface area contributed by atoms with E-state index in [0.717, 1.165) is 11.1 Å². The first-order valence-corrected chi connectivity index (χ1v) is 8.46. The summed E-state index contributed by atoms with van der Waals surface area (Å²) in [7, 11) is 0. The summed E-state index contributed by atoms with van der Waals surface area (Å²) in [6, 6.07) is 7.06. The molecule has 3 amide bonds. The lowest BCUT2D eigenvalue weighted by Gasteiger charge is -2.17. The molecule has 1 aromatic carbocycles. The van der Waals surface area contributed by atoms with E-state index < -0.39 is 0 Å². The summed E-state index contributed by atoms with van der Waals surface area (Å²) >= 11 is 1.57. The SMILES string of the molecule is Cc1cc(NC(=O)/C=C/c2ccsc2)ccc1N1C(=O)CCC1=O. The Morgan fingerprint density at radius 3 is 2.58 bits per heavy atom. The van der Waals surface area contributed by atoms with Crippen LogP contribution in [0.5, 0.6) is 0 Å². The van der Waals surface area contributed by atoms with E-state index in [9.17, 15) is 14.4 Å². The van der Waals surface area contributed by atoms with E-state index in [0.29, 0.717) is 11.4 Å². The molecule has 1 fully saturated rings. The largest absolute Gasteiger partial charge is 0.323 e. The Kier molecular flexibility index (Phi) is 4.57. The first-order chi connectivity index (χ1) is 11.5. The molecule has 0 atom stereocenters. The molecular formula is C18H16N2O3S. The van der Waals surface area contributed by atoms with Gasteiger partial charge in [0.1, 0.15) is 0 Å². The van der Waals surface area contributed by atoms with Gasteiger partial charge in [0.2, 0.25) is 17.7 Å². The van der Waals surface area contributed by atoms with E-state index >= 15 is 0 Å². The Labute approximate surface area is 143 Å². The van der Waals surface area contributed by atoms with Crippen LogP contribution < -0.4 is 10.2 Å². The number of nitrogens with one attached hydrogen (secondary N) is 1. The van der Waals surface area contributed by atoms with E-state index in [1.165, 1.54) is 11.0 Å². The van der Waals surface area contributed by atoms with Gasteiger partial charge in [-0.1, -0.05) is 0 Å². The number of carbonyl (C=O) groups excluding carboxylic acids is 3. The number of nitrogens with zero attached hydrogens (tertiary/aromatic N) is 1. The normalized spacial score (nSPS) is 14.6. The summed E-state index contributed by atoms with van der Waals surface area (Å²) in [4.78, 5) is 36.8. The molecule has 3 rings (SSSR count). The Morgan fingerprint density at radius 1 is 1.21 bits per heavy atom. The minimum absolute atomic E-state index is 0.182. The van der Waals surface area contributed by atoms with E-state index in [4.69, 9.17) is 0 Å². The number of carbonyl (C=O) groups is 3. The second-order valence-electron chi connectivity index (χ2n) is 5.50. The fraction of sp³-hybridized carbons (Fsp3) is 0.167. The van der Waals surface area contributed by atoms with E-state index in [2.05, 4.69) is 5.32 Å². The summed E-state index contributed by atoms with van der Waals surface area (Å²) in [6.45, 7) is 1.81. The number of anilines is 2. The summed E-state index contributed by atoms with van der Waals surface area (Å²) < 4.78 is 0. The van der Waals surface area contributed by atoms with Gasteiger partial charge in [0.25, 0.3) is 0 Å². The first-order valence-electron chi connectivity index (χ1n) is 7.52. The molecule has 1 saturated heterocycles. The number of imide groups is 1. The minimum atomic E-state index is -0.235. The molecule has 1 aliphatic rings. The smallest absolute Gasteiger partial charge is 0.248 e. The second kappa shape index (κ2) is 6.80. The van der Waals surface area contributed by atoms with Crippen LogP contribution in [0.1, 0.15) is 24.0 Å². The van der Waals surface area contributed by atoms with Crippen molar-refractivity contribution in [3.8, 4) is 0 Å². The number of thiophene rings is 1. The minimum Gasteiger partial charge on any atom is -0.323 e. The fourth-order valence-corrected chi connectivity index (χ4v) is 3.18. The highest BCUT2D eigenvalue weighted by molar-refractivity contribution is 7.08. The summed E-state index contributed by atoms with van der Waals surface area (Å²) in [5.74, 6) is -0.598. The average Bonchev–Trinajstić information content (AvgIpc) is 3.17. The van der Waals surface area contributed by atoms with Crippen LogP contribution in [-0.4, -0.2) is 17.7 Å². The Balaban J connectivity index is 1.72. The van der Waals surface area contributed by atoms with Crippen molar-refractivity contribution in [2.75, 3.05) is 10.2 Å². The predicted octanol–water partition coefficient (Wildman–Crippen LogP) is 3.36. The van der Waals surface area contributed by atoms with Crippen LogP contribution >= 0.6 is 11.3 Å². The molecule has 1 aromatic heterocycles. The monoisotopic (exact) mass is 340 g/mol. The third-order valence-corrected chi connectivity index (χ3v) is 4.43. The van der Waals surface area contributed by atoms with Crippen LogP contribution in [0.4, 0.5) is 11.4 Å². The van der Waals surface area contributed by atoms with Gasteiger partial charge in [0, 0.05) is 24.6 Å². The van der Waals surface area contributed by atoms with Crippen molar-refractivity contribution in [1.82, 2.24) is 0 Å². The van der Waals surface area contributed by atoms with Crippen LogP contribution in [0.2, 0.25) is 0 Å². The van der Waals surface area contributed by atoms with E-state index in [-0.39, 0.29) is 30.6 Å². The molecule has 24 heavy (non-hydrogen) atoms. The average molecular weight is 340 g/mol. The molecule has 5 nitrogen and oxygen atoms in total. The highest BCUT2D eigenvalue weighted by Crippen LogP contribution is 2.28. The molecule has 0 aliphatic carbocycles. The molecule has 6 heteroatoms. The molecule has 1 N–H and O–H groups in total. The van der Waals surface area contributed by atoms with Gasteiger partial charge in [-0.05, 0) is 59.2 Å². The standard InChI is InChI=1S/C18H16N2O3S/c1-12-10-14(19-16(21)5-2-13-8-9-24-11-13)3-4-15(12)20-17(22)6-7-18(20)23/h2-5,8-11H,6-7H2,1H3,(H,19,21)/b5-2+. The van der Waals surface area contributed by atoms with Crippen LogP contribution in [-0.2, 0) is 14.4 Å². The van der Waals surface area contributed by atoms with Crippen molar-refractivity contribution in [2.45, 2.75) is 19.8 Å². The van der Waals surface area contributed by atoms with Crippen LogP contribution in [0.25, 0.3) is 6.08 Å². The number of hydrogen-bond acceptors (Lipinski definition) is 4. The number of hydrogen-bond donors (Lipinski definition) is 1. The fourth-order valence-electron chi connectivity index (χ4n) is 2.56. The lowest BCUT2D eigenvalue weighted by atomic mass is 10.1. The van der Waals surface area contributed by atoms with Gasteiger partial charge in [-0.25, -0.2) is 0 Å². The Hall–Kier alpha value is -2.73. The zero-order chi connectivity index (χ0) is 17.1. The predicted molar refractivity (Wildman–Crippen MR) is 94.9 cm³/mol.